The number of nitrogens with one attached hydrogen (secondary N) is 2. The minimum Gasteiger partial charge on any atom is -0.407 e. The molecule has 0 saturated heterocycles. The number of nitrogens with zero attached hydrogens (tertiary/aromatic N) is 2. The summed E-state index contributed by atoms with van der Waals surface area (Å²) in [6.07, 6.45) is 2.08. The monoisotopic (exact) mass is 274 g/mol. The number of methoxy groups -OCH3 is 1. The van der Waals surface area contributed by atoms with Gasteiger partial charge in [0.05, 0.1) is 13.2 Å². The van der Waals surface area contributed by atoms with Gasteiger partial charge in [-0.05, 0) is 20.1 Å². The molecule has 0 atom stereocenters. The topological polar surface area (TPSA) is 72.2 Å². The van der Waals surface area contributed by atoms with Crippen molar-refractivity contribution in [3.63, 3.8) is 0 Å². The predicted octanol–water partition coefficient (Wildman–Crippen LogP) is 1.36. The Balaban J connectivity index is 2.30. The average Bonchev–Trinajstić information content (AvgIpc) is 2.80. The lowest BCUT2D eigenvalue weighted by atomic mass is 10.2. The Morgan fingerprint density at radius 2 is 2.17 bits per heavy atom. The smallest absolute Gasteiger partial charge is 0.315 e. The lowest BCUT2D eigenvalue weighted by molar-refractivity contribution is 0.198. The quantitative estimate of drug-likeness (QED) is 0.659. The van der Waals surface area contributed by atoms with Crippen molar-refractivity contribution in [2.75, 3.05) is 38.4 Å². The molecule has 1 rings (SSSR count). The van der Waals surface area contributed by atoms with E-state index < -0.39 is 0 Å². The highest BCUT2D eigenvalue weighted by molar-refractivity contribution is 7.99. The third-order valence-electron chi connectivity index (χ3n) is 2.44. The lowest BCUT2D eigenvalue weighted by Crippen LogP contribution is -2.25. The van der Waals surface area contributed by atoms with Crippen LogP contribution in [0.1, 0.15) is 19.7 Å². The summed E-state index contributed by atoms with van der Waals surface area (Å²) in [6.45, 7) is 7.10. The number of thioether (sulfide) groups is 1. The van der Waals surface area contributed by atoms with Crippen LogP contribution in [0.25, 0.3) is 0 Å². The van der Waals surface area contributed by atoms with Gasteiger partial charge in [-0.2, -0.15) is 11.8 Å². The van der Waals surface area contributed by atoms with Gasteiger partial charge in [0.1, 0.15) is 0 Å². The predicted molar refractivity (Wildman–Crippen MR) is 74.0 cm³/mol. The van der Waals surface area contributed by atoms with Gasteiger partial charge < -0.3 is 19.8 Å². The van der Waals surface area contributed by atoms with Crippen molar-refractivity contribution in [1.82, 2.24) is 15.5 Å². The fraction of sp³-hybridized carbons (Fsp3) is 0.818. The van der Waals surface area contributed by atoms with Crippen molar-refractivity contribution >= 4 is 17.8 Å². The van der Waals surface area contributed by atoms with Gasteiger partial charge in [0.15, 0.2) is 0 Å². The molecule has 0 aliphatic heterocycles. The second-order valence-corrected chi connectivity index (χ2v) is 6.00. The second-order valence-electron chi connectivity index (χ2n) is 4.49. The summed E-state index contributed by atoms with van der Waals surface area (Å²) in [6, 6.07) is 0.473. The van der Waals surface area contributed by atoms with Gasteiger partial charge in [-0.15, -0.1) is 5.10 Å². The Kier molecular flexibility index (Phi) is 6.45. The summed E-state index contributed by atoms with van der Waals surface area (Å²) in [5.41, 5.74) is 0. The third kappa shape index (κ3) is 5.70. The van der Waals surface area contributed by atoms with Crippen LogP contribution < -0.4 is 10.6 Å². The molecule has 7 heteroatoms. The zero-order chi connectivity index (χ0) is 13.4. The van der Waals surface area contributed by atoms with Gasteiger partial charge in [-0.3, -0.25) is 0 Å². The largest absolute Gasteiger partial charge is 0.407 e. The van der Waals surface area contributed by atoms with Gasteiger partial charge in [-0.1, -0.05) is 5.10 Å². The summed E-state index contributed by atoms with van der Waals surface area (Å²) in [4.78, 5) is 0. The minimum absolute atomic E-state index is 0.144. The molecule has 0 aromatic carbocycles. The standard InChI is InChI=1S/C11H22N4O2S/c1-11(2,18-4)8-13-10-15-14-9(17-10)7-12-5-6-16-3/h12H,5-8H2,1-4H3,(H,13,15). The van der Waals surface area contributed by atoms with Crippen molar-refractivity contribution in [2.24, 2.45) is 0 Å². The number of hydrogen-bond acceptors (Lipinski definition) is 7. The van der Waals surface area contributed by atoms with Gasteiger partial charge in [0, 0.05) is 24.9 Å². The first kappa shape index (κ1) is 15.3. The Bertz CT molecular complexity index is 344. The fourth-order valence-electron chi connectivity index (χ4n) is 1.13. The molecule has 0 saturated carbocycles. The van der Waals surface area contributed by atoms with Crippen molar-refractivity contribution in [1.29, 1.82) is 0 Å². The molecule has 0 bridgehead atoms. The molecular formula is C11H22N4O2S. The molecule has 104 valence electrons. The van der Waals surface area contributed by atoms with Crippen LogP contribution in [-0.2, 0) is 11.3 Å². The summed E-state index contributed by atoms with van der Waals surface area (Å²) < 4.78 is 10.5. The van der Waals surface area contributed by atoms with Crippen LogP contribution in [0.3, 0.4) is 0 Å². The number of hydrogen-bond donors (Lipinski definition) is 2. The van der Waals surface area contributed by atoms with Crippen LogP contribution in [-0.4, -0.2) is 48.0 Å². The number of rotatable bonds is 9. The molecule has 0 aliphatic rings. The molecule has 0 unspecified atom stereocenters. The van der Waals surface area contributed by atoms with Crippen LogP contribution >= 0.6 is 11.8 Å². The summed E-state index contributed by atoms with van der Waals surface area (Å²) in [5, 5.41) is 14.2. The molecule has 0 aliphatic carbocycles. The average molecular weight is 274 g/mol. The first-order valence-electron chi connectivity index (χ1n) is 5.88. The van der Waals surface area contributed by atoms with Crippen molar-refractivity contribution in [3.05, 3.63) is 5.89 Å². The molecule has 2 N–H and O–H groups in total. The minimum atomic E-state index is 0.144. The van der Waals surface area contributed by atoms with E-state index in [1.807, 2.05) is 0 Å². The zero-order valence-corrected chi connectivity index (χ0v) is 12.3. The molecular weight excluding hydrogens is 252 g/mol. The van der Waals surface area contributed by atoms with Crippen molar-refractivity contribution < 1.29 is 9.15 Å². The van der Waals surface area contributed by atoms with Crippen LogP contribution in [0.15, 0.2) is 4.42 Å². The highest BCUT2D eigenvalue weighted by Gasteiger charge is 2.16. The Morgan fingerprint density at radius 3 is 2.83 bits per heavy atom. The molecule has 0 amide bonds. The highest BCUT2D eigenvalue weighted by atomic mass is 32.2. The summed E-state index contributed by atoms with van der Waals surface area (Å²) >= 11 is 1.79. The maximum atomic E-state index is 5.46. The van der Waals surface area contributed by atoms with Crippen LogP contribution in [0, 0.1) is 0 Å². The fourth-order valence-corrected chi connectivity index (χ4v) is 1.34. The van der Waals surface area contributed by atoms with Gasteiger partial charge in [-0.25, -0.2) is 0 Å². The maximum absolute atomic E-state index is 5.46. The van der Waals surface area contributed by atoms with E-state index in [1.165, 1.54) is 0 Å². The van der Waals surface area contributed by atoms with E-state index in [0.29, 0.717) is 25.1 Å². The molecule has 0 radical (unpaired) electrons. The lowest BCUT2D eigenvalue weighted by Gasteiger charge is -2.21. The van der Waals surface area contributed by atoms with E-state index in [-0.39, 0.29) is 4.75 Å². The SMILES string of the molecule is COCCNCc1nnc(NCC(C)(C)SC)o1. The summed E-state index contributed by atoms with van der Waals surface area (Å²) in [7, 11) is 1.67. The third-order valence-corrected chi connectivity index (χ3v) is 3.69. The van der Waals surface area contributed by atoms with Gasteiger partial charge in [0.25, 0.3) is 0 Å². The van der Waals surface area contributed by atoms with E-state index in [2.05, 4.69) is 40.9 Å². The molecule has 18 heavy (non-hydrogen) atoms. The number of aromatic nitrogens is 2. The van der Waals surface area contributed by atoms with Gasteiger partial charge >= 0.3 is 6.01 Å². The first-order valence-corrected chi connectivity index (χ1v) is 7.11. The van der Waals surface area contributed by atoms with Crippen LogP contribution in [0.4, 0.5) is 6.01 Å². The number of anilines is 1. The van der Waals surface area contributed by atoms with E-state index in [9.17, 15) is 0 Å². The normalized spacial score (nSPS) is 11.8. The highest BCUT2D eigenvalue weighted by Crippen LogP contribution is 2.21. The molecule has 6 nitrogen and oxygen atoms in total. The Hall–Kier alpha value is -0.790. The Morgan fingerprint density at radius 1 is 1.39 bits per heavy atom. The number of ether oxygens (including phenoxy) is 1. The molecule has 1 aromatic rings. The first-order chi connectivity index (χ1) is 8.57. The van der Waals surface area contributed by atoms with Gasteiger partial charge in [0.2, 0.25) is 5.89 Å². The van der Waals surface area contributed by atoms with Crippen LogP contribution in [0.5, 0.6) is 0 Å². The molecule has 1 aromatic heterocycles. The molecule has 0 fully saturated rings. The van der Waals surface area contributed by atoms with E-state index in [1.54, 1.807) is 18.9 Å². The van der Waals surface area contributed by atoms with E-state index >= 15 is 0 Å². The van der Waals surface area contributed by atoms with E-state index in [0.717, 1.165) is 13.1 Å². The Labute approximate surface area is 112 Å². The van der Waals surface area contributed by atoms with Crippen molar-refractivity contribution in [3.8, 4) is 0 Å². The zero-order valence-electron chi connectivity index (χ0n) is 11.4. The molecule has 0 spiro atoms. The maximum Gasteiger partial charge on any atom is 0.315 e. The van der Waals surface area contributed by atoms with E-state index in [4.69, 9.17) is 9.15 Å². The summed E-state index contributed by atoms with van der Waals surface area (Å²) in [5.74, 6) is 0.579. The van der Waals surface area contributed by atoms with Crippen molar-refractivity contribution in [2.45, 2.75) is 25.1 Å². The molecule has 1 heterocycles. The second kappa shape index (κ2) is 7.60. The van der Waals surface area contributed by atoms with Crippen LogP contribution in [0.2, 0.25) is 0 Å².